The standard InChI is InChI=1S/C15H11ClN2O2S/c16-14-5-1-12(2-6-14)9-10-21(19,20)18-15-7-3-13(11-17)4-8-15/h1-10,18H/b10-9+. The molecular weight excluding hydrogens is 308 g/mol. The van der Waals surface area contributed by atoms with Crippen LogP contribution in [-0.4, -0.2) is 8.42 Å². The van der Waals surface area contributed by atoms with Crippen LogP contribution >= 0.6 is 11.6 Å². The number of nitrogens with one attached hydrogen (secondary N) is 1. The molecule has 0 bridgehead atoms. The van der Waals surface area contributed by atoms with Gasteiger partial charge in [-0.25, -0.2) is 8.42 Å². The third-order valence-corrected chi connectivity index (χ3v) is 3.85. The molecule has 0 spiro atoms. The summed E-state index contributed by atoms with van der Waals surface area (Å²) >= 11 is 5.76. The first kappa shape index (κ1) is 15.1. The van der Waals surface area contributed by atoms with E-state index in [4.69, 9.17) is 16.9 Å². The predicted octanol–water partition coefficient (Wildman–Crippen LogP) is 3.62. The Bertz CT molecular complexity index is 789. The summed E-state index contributed by atoms with van der Waals surface area (Å²) in [7, 11) is -3.61. The average molecular weight is 319 g/mol. The van der Waals surface area contributed by atoms with Crippen LogP contribution in [-0.2, 0) is 10.0 Å². The van der Waals surface area contributed by atoms with Crippen LogP contribution in [0, 0.1) is 11.3 Å². The Morgan fingerprint density at radius 2 is 1.67 bits per heavy atom. The first-order valence-electron chi connectivity index (χ1n) is 5.95. The zero-order valence-electron chi connectivity index (χ0n) is 10.8. The highest BCUT2D eigenvalue weighted by atomic mass is 35.5. The first-order valence-corrected chi connectivity index (χ1v) is 7.87. The second-order valence-corrected chi connectivity index (χ2v) is 6.19. The van der Waals surface area contributed by atoms with E-state index in [1.807, 2.05) is 6.07 Å². The van der Waals surface area contributed by atoms with Gasteiger partial charge in [-0.2, -0.15) is 5.26 Å². The maximum Gasteiger partial charge on any atom is 0.255 e. The second kappa shape index (κ2) is 6.44. The number of anilines is 1. The fourth-order valence-electron chi connectivity index (χ4n) is 1.55. The highest BCUT2D eigenvalue weighted by Crippen LogP contribution is 2.14. The lowest BCUT2D eigenvalue weighted by Crippen LogP contribution is -2.08. The summed E-state index contributed by atoms with van der Waals surface area (Å²) in [5, 5.41) is 10.3. The van der Waals surface area contributed by atoms with Gasteiger partial charge in [0.25, 0.3) is 10.0 Å². The van der Waals surface area contributed by atoms with E-state index in [0.29, 0.717) is 16.3 Å². The van der Waals surface area contributed by atoms with Crippen LogP contribution < -0.4 is 4.72 Å². The molecule has 106 valence electrons. The number of halogens is 1. The Balaban J connectivity index is 2.11. The molecular formula is C15H11ClN2O2S. The maximum absolute atomic E-state index is 11.9. The highest BCUT2D eigenvalue weighted by Gasteiger charge is 2.05. The average Bonchev–Trinajstić information content (AvgIpc) is 2.47. The first-order chi connectivity index (χ1) is 9.98. The van der Waals surface area contributed by atoms with E-state index in [1.165, 1.54) is 18.2 Å². The highest BCUT2D eigenvalue weighted by molar-refractivity contribution is 7.95. The molecule has 0 atom stereocenters. The van der Waals surface area contributed by atoms with Crippen molar-refractivity contribution < 1.29 is 8.42 Å². The lowest BCUT2D eigenvalue weighted by molar-refractivity contribution is 0.609. The molecule has 6 heteroatoms. The van der Waals surface area contributed by atoms with Gasteiger partial charge < -0.3 is 0 Å². The number of nitriles is 1. The molecule has 0 amide bonds. The number of hydrogen-bond acceptors (Lipinski definition) is 3. The third kappa shape index (κ3) is 4.63. The Labute approximate surface area is 128 Å². The van der Waals surface area contributed by atoms with Crippen LogP contribution in [0.1, 0.15) is 11.1 Å². The van der Waals surface area contributed by atoms with Gasteiger partial charge in [-0.1, -0.05) is 23.7 Å². The quantitative estimate of drug-likeness (QED) is 0.935. The third-order valence-electron chi connectivity index (χ3n) is 2.58. The molecule has 4 nitrogen and oxygen atoms in total. The summed E-state index contributed by atoms with van der Waals surface area (Å²) < 4.78 is 26.2. The Morgan fingerprint density at radius 1 is 1.05 bits per heavy atom. The number of hydrogen-bond donors (Lipinski definition) is 1. The Kier molecular flexibility index (Phi) is 4.63. The van der Waals surface area contributed by atoms with Crippen LogP contribution in [0.3, 0.4) is 0 Å². The van der Waals surface area contributed by atoms with Crippen molar-refractivity contribution in [1.82, 2.24) is 0 Å². The van der Waals surface area contributed by atoms with Crippen molar-refractivity contribution in [2.45, 2.75) is 0 Å². The van der Waals surface area contributed by atoms with Gasteiger partial charge in [-0.3, -0.25) is 4.72 Å². The van der Waals surface area contributed by atoms with Gasteiger partial charge in [0.05, 0.1) is 17.0 Å². The predicted molar refractivity (Wildman–Crippen MR) is 84.2 cm³/mol. The van der Waals surface area contributed by atoms with Crippen molar-refractivity contribution in [3.8, 4) is 6.07 Å². The fourth-order valence-corrected chi connectivity index (χ4v) is 2.55. The summed E-state index contributed by atoms with van der Waals surface area (Å²) in [6.07, 6.45) is 1.47. The SMILES string of the molecule is N#Cc1ccc(NS(=O)(=O)/C=C/c2ccc(Cl)cc2)cc1. The summed E-state index contributed by atoms with van der Waals surface area (Å²) in [6, 6.07) is 14.9. The van der Waals surface area contributed by atoms with Crippen LogP contribution in [0.2, 0.25) is 5.02 Å². The maximum atomic E-state index is 11.9. The van der Waals surface area contributed by atoms with E-state index in [1.54, 1.807) is 36.4 Å². The fraction of sp³-hybridized carbons (Fsp3) is 0. The zero-order chi connectivity index (χ0) is 15.3. The monoisotopic (exact) mass is 318 g/mol. The molecule has 0 unspecified atom stereocenters. The topological polar surface area (TPSA) is 70.0 Å². The van der Waals surface area contributed by atoms with Gasteiger partial charge in [-0.05, 0) is 48.0 Å². The summed E-state index contributed by atoms with van der Waals surface area (Å²) in [6.45, 7) is 0. The normalized spacial score (nSPS) is 11.2. The van der Waals surface area contributed by atoms with Gasteiger partial charge in [0.1, 0.15) is 0 Å². The molecule has 1 N–H and O–H groups in total. The van der Waals surface area contributed by atoms with Crippen molar-refractivity contribution in [2.75, 3.05) is 4.72 Å². The number of rotatable bonds is 4. The van der Waals surface area contributed by atoms with Crippen LogP contribution in [0.25, 0.3) is 6.08 Å². The minimum atomic E-state index is -3.61. The van der Waals surface area contributed by atoms with Gasteiger partial charge in [0.15, 0.2) is 0 Å². The van der Waals surface area contributed by atoms with Crippen molar-refractivity contribution in [3.63, 3.8) is 0 Å². The second-order valence-electron chi connectivity index (χ2n) is 4.19. The summed E-state index contributed by atoms with van der Waals surface area (Å²) in [4.78, 5) is 0. The summed E-state index contributed by atoms with van der Waals surface area (Å²) in [5.74, 6) is 0. The number of benzene rings is 2. The van der Waals surface area contributed by atoms with Gasteiger partial charge in [-0.15, -0.1) is 0 Å². The Morgan fingerprint density at radius 3 is 2.24 bits per heavy atom. The molecule has 0 aliphatic rings. The number of sulfonamides is 1. The molecule has 0 fully saturated rings. The van der Waals surface area contributed by atoms with Gasteiger partial charge in [0, 0.05) is 10.7 Å². The van der Waals surface area contributed by atoms with E-state index in [9.17, 15) is 8.42 Å². The number of nitrogens with zero attached hydrogens (tertiary/aromatic N) is 1. The van der Waals surface area contributed by atoms with E-state index < -0.39 is 10.0 Å². The molecule has 2 aromatic rings. The van der Waals surface area contributed by atoms with E-state index >= 15 is 0 Å². The Hall–Kier alpha value is -2.29. The van der Waals surface area contributed by atoms with Crippen molar-refractivity contribution in [1.29, 1.82) is 5.26 Å². The largest absolute Gasteiger partial charge is 0.280 e. The van der Waals surface area contributed by atoms with E-state index in [0.717, 1.165) is 11.0 Å². The molecule has 0 radical (unpaired) electrons. The van der Waals surface area contributed by atoms with Crippen molar-refractivity contribution in [2.24, 2.45) is 0 Å². The van der Waals surface area contributed by atoms with Crippen molar-refractivity contribution in [3.05, 3.63) is 70.1 Å². The smallest absolute Gasteiger partial charge is 0.255 e. The van der Waals surface area contributed by atoms with Crippen LogP contribution in [0.4, 0.5) is 5.69 Å². The molecule has 0 heterocycles. The molecule has 0 saturated heterocycles. The lowest BCUT2D eigenvalue weighted by atomic mass is 10.2. The molecule has 21 heavy (non-hydrogen) atoms. The van der Waals surface area contributed by atoms with Gasteiger partial charge in [0.2, 0.25) is 0 Å². The van der Waals surface area contributed by atoms with E-state index in [2.05, 4.69) is 4.72 Å². The molecule has 0 aromatic heterocycles. The van der Waals surface area contributed by atoms with Crippen molar-refractivity contribution >= 4 is 33.4 Å². The van der Waals surface area contributed by atoms with E-state index in [-0.39, 0.29) is 0 Å². The molecule has 0 saturated carbocycles. The van der Waals surface area contributed by atoms with Crippen LogP contribution in [0.15, 0.2) is 53.9 Å². The molecule has 0 aliphatic carbocycles. The molecule has 2 aromatic carbocycles. The lowest BCUT2D eigenvalue weighted by Gasteiger charge is -2.04. The molecule has 0 aliphatic heterocycles. The summed E-state index contributed by atoms with van der Waals surface area (Å²) in [5.41, 5.74) is 1.59. The van der Waals surface area contributed by atoms with Crippen LogP contribution in [0.5, 0.6) is 0 Å². The minimum Gasteiger partial charge on any atom is -0.280 e. The van der Waals surface area contributed by atoms with Gasteiger partial charge >= 0.3 is 0 Å². The molecule has 2 rings (SSSR count). The zero-order valence-corrected chi connectivity index (χ0v) is 12.4. The minimum absolute atomic E-state index is 0.398.